The fraction of sp³-hybridized carbons (Fsp3) is 0.429. The molecule has 0 unspecified atom stereocenters. The number of benzene rings is 1. The Morgan fingerprint density at radius 2 is 2.25 bits per heavy atom. The fourth-order valence-corrected chi connectivity index (χ4v) is 2.93. The summed E-state index contributed by atoms with van der Waals surface area (Å²) in [7, 11) is 1.57. The largest absolute Gasteiger partial charge is 0.458 e. The Morgan fingerprint density at radius 3 is 2.90 bits per heavy atom. The minimum absolute atomic E-state index is 0.0654. The molecule has 0 radical (unpaired) electrons. The van der Waals surface area contributed by atoms with E-state index in [9.17, 15) is 4.39 Å². The van der Waals surface area contributed by atoms with E-state index < -0.39 is 5.82 Å². The SMILES string of the molecule is CCCNCc1oc2c(Br)cc(Cl)c(F)c2c1COC. The highest BCUT2D eigenvalue weighted by molar-refractivity contribution is 9.10. The molecule has 1 aromatic heterocycles. The predicted molar refractivity (Wildman–Crippen MR) is 81.6 cm³/mol. The molecule has 0 spiro atoms. The molecule has 0 saturated heterocycles. The smallest absolute Gasteiger partial charge is 0.153 e. The molecule has 1 N–H and O–H groups in total. The topological polar surface area (TPSA) is 34.4 Å². The van der Waals surface area contributed by atoms with Crippen molar-refractivity contribution in [3.8, 4) is 0 Å². The number of hydrogen-bond donors (Lipinski definition) is 1. The van der Waals surface area contributed by atoms with E-state index in [1.807, 2.05) is 0 Å². The van der Waals surface area contributed by atoms with Gasteiger partial charge in [0.15, 0.2) is 11.4 Å². The van der Waals surface area contributed by atoms with Crippen molar-refractivity contribution in [2.24, 2.45) is 0 Å². The van der Waals surface area contributed by atoms with E-state index >= 15 is 0 Å². The Balaban J connectivity index is 2.54. The first kappa shape index (κ1) is 15.8. The second-order valence-corrected chi connectivity index (χ2v) is 5.73. The van der Waals surface area contributed by atoms with Crippen LogP contribution in [0.15, 0.2) is 15.0 Å². The Kier molecular flexibility index (Phi) is 5.43. The summed E-state index contributed by atoms with van der Waals surface area (Å²) in [5.74, 6) is 0.208. The van der Waals surface area contributed by atoms with Gasteiger partial charge in [0, 0.05) is 12.7 Å². The predicted octanol–water partition coefficient (Wildman–Crippen LogP) is 4.63. The van der Waals surface area contributed by atoms with Crippen LogP contribution in [0.2, 0.25) is 5.02 Å². The van der Waals surface area contributed by atoms with Crippen molar-refractivity contribution in [1.82, 2.24) is 5.32 Å². The van der Waals surface area contributed by atoms with Gasteiger partial charge in [0.2, 0.25) is 0 Å². The van der Waals surface area contributed by atoms with E-state index in [0.29, 0.717) is 33.3 Å². The first-order valence-corrected chi connectivity index (χ1v) is 7.54. The van der Waals surface area contributed by atoms with Crippen LogP contribution in [0.5, 0.6) is 0 Å². The summed E-state index contributed by atoms with van der Waals surface area (Å²) in [6, 6.07) is 1.50. The molecule has 0 bridgehead atoms. The van der Waals surface area contributed by atoms with Gasteiger partial charge in [0.1, 0.15) is 5.76 Å². The lowest BCUT2D eigenvalue weighted by atomic mass is 10.1. The van der Waals surface area contributed by atoms with Crippen molar-refractivity contribution < 1.29 is 13.5 Å². The highest BCUT2D eigenvalue weighted by atomic mass is 79.9. The van der Waals surface area contributed by atoms with E-state index in [1.54, 1.807) is 7.11 Å². The van der Waals surface area contributed by atoms with Crippen molar-refractivity contribution in [2.45, 2.75) is 26.5 Å². The lowest BCUT2D eigenvalue weighted by Crippen LogP contribution is -2.14. The molecule has 2 rings (SSSR count). The zero-order chi connectivity index (χ0) is 14.7. The number of hydrogen-bond acceptors (Lipinski definition) is 3. The molecule has 0 amide bonds. The third-order valence-electron chi connectivity index (χ3n) is 2.99. The summed E-state index contributed by atoms with van der Waals surface area (Å²) in [5, 5.41) is 3.70. The van der Waals surface area contributed by atoms with Gasteiger partial charge in [-0.15, -0.1) is 0 Å². The van der Waals surface area contributed by atoms with Crippen LogP contribution < -0.4 is 5.32 Å². The molecule has 0 aliphatic rings. The molecule has 0 saturated carbocycles. The molecule has 2 aromatic rings. The zero-order valence-corrected chi connectivity index (χ0v) is 13.7. The minimum atomic E-state index is -0.470. The lowest BCUT2D eigenvalue weighted by Gasteiger charge is -2.04. The van der Waals surface area contributed by atoms with Gasteiger partial charge in [0.25, 0.3) is 0 Å². The molecule has 0 aliphatic heterocycles. The van der Waals surface area contributed by atoms with Crippen molar-refractivity contribution in [3.05, 3.63) is 32.7 Å². The number of fused-ring (bicyclic) bond motifs is 1. The highest BCUT2D eigenvalue weighted by Gasteiger charge is 2.21. The molecule has 6 heteroatoms. The van der Waals surface area contributed by atoms with E-state index in [2.05, 4.69) is 28.2 Å². The van der Waals surface area contributed by atoms with Crippen LogP contribution in [-0.4, -0.2) is 13.7 Å². The normalized spacial score (nSPS) is 11.4. The van der Waals surface area contributed by atoms with Gasteiger partial charge in [-0.2, -0.15) is 0 Å². The first-order chi connectivity index (χ1) is 9.60. The van der Waals surface area contributed by atoms with Crippen LogP contribution in [0.3, 0.4) is 0 Å². The van der Waals surface area contributed by atoms with E-state index in [4.69, 9.17) is 20.8 Å². The van der Waals surface area contributed by atoms with Crippen LogP contribution in [0.4, 0.5) is 4.39 Å². The quantitative estimate of drug-likeness (QED) is 0.599. The Bertz CT molecular complexity index is 615. The van der Waals surface area contributed by atoms with Gasteiger partial charge in [-0.25, -0.2) is 4.39 Å². The Labute approximate surface area is 130 Å². The van der Waals surface area contributed by atoms with Crippen molar-refractivity contribution in [3.63, 3.8) is 0 Å². The molecule has 1 aromatic carbocycles. The van der Waals surface area contributed by atoms with Crippen LogP contribution >= 0.6 is 27.5 Å². The summed E-state index contributed by atoms with van der Waals surface area (Å²) in [4.78, 5) is 0. The van der Waals surface area contributed by atoms with Gasteiger partial charge in [-0.05, 0) is 35.0 Å². The summed E-state index contributed by atoms with van der Waals surface area (Å²) < 4.78 is 25.9. The van der Waals surface area contributed by atoms with Crippen molar-refractivity contribution in [2.75, 3.05) is 13.7 Å². The van der Waals surface area contributed by atoms with Crippen LogP contribution in [0.1, 0.15) is 24.7 Å². The number of ether oxygens (including phenoxy) is 1. The number of methoxy groups -OCH3 is 1. The molecule has 1 heterocycles. The summed E-state index contributed by atoms with van der Waals surface area (Å²) >= 11 is 9.25. The van der Waals surface area contributed by atoms with Crippen molar-refractivity contribution >= 4 is 38.5 Å². The second kappa shape index (κ2) is 6.89. The van der Waals surface area contributed by atoms with E-state index in [0.717, 1.165) is 13.0 Å². The highest BCUT2D eigenvalue weighted by Crippen LogP contribution is 2.37. The minimum Gasteiger partial charge on any atom is -0.458 e. The summed E-state index contributed by atoms with van der Waals surface area (Å²) in [6.45, 7) is 3.76. The average Bonchev–Trinajstić information content (AvgIpc) is 2.77. The zero-order valence-electron chi connectivity index (χ0n) is 11.4. The molecule has 0 fully saturated rings. The van der Waals surface area contributed by atoms with E-state index in [1.165, 1.54) is 6.07 Å². The molecule has 110 valence electrons. The molecular formula is C14H16BrClFNO2. The number of halogens is 3. The fourth-order valence-electron chi connectivity index (χ4n) is 2.09. The standard InChI is InChI=1S/C14H16BrClFNO2/c1-3-4-18-6-11-8(7-19-2)12-13(17)10(16)5-9(15)14(12)20-11/h5,18H,3-4,6-7H2,1-2H3. The number of rotatable bonds is 6. The third kappa shape index (κ3) is 3.01. The first-order valence-electron chi connectivity index (χ1n) is 6.37. The maximum absolute atomic E-state index is 14.3. The van der Waals surface area contributed by atoms with Gasteiger partial charge >= 0.3 is 0 Å². The second-order valence-electron chi connectivity index (χ2n) is 4.47. The number of nitrogens with one attached hydrogen (secondary N) is 1. The lowest BCUT2D eigenvalue weighted by molar-refractivity contribution is 0.183. The van der Waals surface area contributed by atoms with Crippen LogP contribution in [0, 0.1) is 5.82 Å². The maximum atomic E-state index is 14.3. The van der Waals surface area contributed by atoms with Gasteiger partial charge in [-0.1, -0.05) is 18.5 Å². The maximum Gasteiger partial charge on any atom is 0.153 e. The van der Waals surface area contributed by atoms with Crippen LogP contribution in [0.25, 0.3) is 11.0 Å². The Morgan fingerprint density at radius 1 is 1.50 bits per heavy atom. The summed E-state index contributed by atoms with van der Waals surface area (Å²) in [6.07, 6.45) is 1.02. The molecule has 3 nitrogen and oxygen atoms in total. The van der Waals surface area contributed by atoms with Crippen LogP contribution in [-0.2, 0) is 17.9 Å². The number of furan rings is 1. The van der Waals surface area contributed by atoms with Gasteiger partial charge < -0.3 is 14.5 Å². The monoisotopic (exact) mass is 363 g/mol. The molecular weight excluding hydrogens is 349 g/mol. The van der Waals surface area contributed by atoms with E-state index in [-0.39, 0.29) is 11.6 Å². The summed E-state index contributed by atoms with van der Waals surface area (Å²) in [5.41, 5.74) is 1.17. The molecule has 0 aliphatic carbocycles. The molecule has 0 atom stereocenters. The average molecular weight is 365 g/mol. The molecule has 20 heavy (non-hydrogen) atoms. The Hall–Kier alpha value is -0.620. The van der Waals surface area contributed by atoms with Crippen molar-refractivity contribution in [1.29, 1.82) is 0 Å². The third-order valence-corrected chi connectivity index (χ3v) is 3.86. The van der Waals surface area contributed by atoms with Gasteiger partial charge in [-0.3, -0.25) is 0 Å². The van der Waals surface area contributed by atoms with Gasteiger partial charge in [0.05, 0.1) is 28.0 Å².